The minimum Gasteiger partial charge on any atom is -0.357 e. The number of sulfonamides is 1. The first-order valence-electron chi connectivity index (χ1n) is 12.4. The molecule has 0 heterocycles. The highest BCUT2D eigenvalue weighted by atomic mass is 32.2. The van der Waals surface area contributed by atoms with Gasteiger partial charge < -0.3 is 10.2 Å². The predicted octanol–water partition coefficient (Wildman–Crippen LogP) is 4.56. The summed E-state index contributed by atoms with van der Waals surface area (Å²) >= 11 is 0. The summed E-state index contributed by atoms with van der Waals surface area (Å²) in [6, 6.07) is 23.9. The smallest absolute Gasteiger partial charge is 0.264 e. The van der Waals surface area contributed by atoms with E-state index in [1.807, 2.05) is 49.4 Å². The Morgan fingerprint density at radius 2 is 1.43 bits per heavy atom. The van der Waals surface area contributed by atoms with E-state index < -0.39 is 28.5 Å². The molecule has 3 aromatic carbocycles. The van der Waals surface area contributed by atoms with Gasteiger partial charge in [0.25, 0.3) is 10.0 Å². The summed E-state index contributed by atoms with van der Waals surface area (Å²) in [5.74, 6) is -0.494. The number of nitrogens with zero attached hydrogens (tertiary/aromatic N) is 2. The molecule has 8 heteroatoms. The highest BCUT2D eigenvalue weighted by Gasteiger charge is 2.33. The lowest BCUT2D eigenvalue weighted by atomic mass is 10.0. The van der Waals surface area contributed by atoms with Crippen LogP contribution in [0.15, 0.2) is 89.8 Å². The first-order chi connectivity index (χ1) is 17.7. The zero-order valence-electron chi connectivity index (χ0n) is 21.8. The third-order valence-corrected chi connectivity index (χ3v) is 8.07. The van der Waals surface area contributed by atoms with Crippen LogP contribution in [0.3, 0.4) is 0 Å². The number of likely N-dealkylation sites (N-methyl/N-ethyl adjacent to an activating group) is 1. The first-order valence-corrected chi connectivity index (χ1v) is 13.9. The number of nitrogens with one attached hydrogen (secondary N) is 1. The van der Waals surface area contributed by atoms with E-state index in [1.165, 1.54) is 24.1 Å². The zero-order valence-corrected chi connectivity index (χ0v) is 22.6. The van der Waals surface area contributed by atoms with Gasteiger partial charge in [0, 0.05) is 13.6 Å². The van der Waals surface area contributed by atoms with E-state index in [1.54, 1.807) is 30.3 Å². The van der Waals surface area contributed by atoms with E-state index in [2.05, 4.69) is 19.2 Å². The normalized spacial score (nSPS) is 12.1. The Morgan fingerprint density at radius 1 is 0.865 bits per heavy atom. The van der Waals surface area contributed by atoms with Crippen LogP contribution in [0, 0.1) is 0 Å². The molecule has 0 fully saturated rings. The Hall–Kier alpha value is -3.65. The van der Waals surface area contributed by atoms with Gasteiger partial charge >= 0.3 is 0 Å². The molecule has 0 radical (unpaired) electrons. The Kier molecular flexibility index (Phi) is 9.47. The highest BCUT2D eigenvalue weighted by Crippen LogP contribution is 2.26. The number of hydrogen-bond acceptors (Lipinski definition) is 4. The lowest BCUT2D eigenvalue weighted by Gasteiger charge is -2.33. The number of hydrogen-bond donors (Lipinski definition) is 1. The van der Waals surface area contributed by atoms with Gasteiger partial charge in [0.2, 0.25) is 11.8 Å². The van der Waals surface area contributed by atoms with Crippen molar-refractivity contribution in [2.24, 2.45) is 0 Å². The Balaban J connectivity index is 2.05. The second kappa shape index (κ2) is 12.5. The molecule has 7 nitrogen and oxygen atoms in total. The largest absolute Gasteiger partial charge is 0.357 e. The first kappa shape index (κ1) is 27.9. The van der Waals surface area contributed by atoms with E-state index in [0.717, 1.165) is 15.4 Å². The van der Waals surface area contributed by atoms with Gasteiger partial charge in [-0.2, -0.15) is 0 Å². The van der Waals surface area contributed by atoms with E-state index in [0.29, 0.717) is 12.1 Å². The molecular weight excluding hydrogens is 486 g/mol. The maximum Gasteiger partial charge on any atom is 0.264 e. The third-order valence-electron chi connectivity index (χ3n) is 6.29. The van der Waals surface area contributed by atoms with Crippen LogP contribution in [-0.2, 0) is 26.2 Å². The van der Waals surface area contributed by atoms with Gasteiger partial charge in [-0.05, 0) is 47.7 Å². The quantitative estimate of drug-likeness (QED) is 0.401. The molecule has 0 aromatic heterocycles. The van der Waals surface area contributed by atoms with Crippen LogP contribution in [0.1, 0.15) is 44.2 Å². The minimum atomic E-state index is -4.06. The molecule has 1 N–H and O–H groups in total. The van der Waals surface area contributed by atoms with Crippen LogP contribution in [0.25, 0.3) is 0 Å². The molecule has 3 aromatic rings. The summed E-state index contributed by atoms with van der Waals surface area (Å²) in [7, 11) is -2.54. The van der Waals surface area contributed by atoms with Gasteiger partial charge in [0.15, 0.2) is 0 Å². The van der Waals surface area contributed by atoms with Gasteiger partial charge in [-0.15, -0.1) is 0 Å². The Morgan fingerprint density at radius 3 is 1.95 bits per heavy atom. The molecule has 0 saturated heterocycles. The molecule has 0 aliphatic heterocycles. The van der Waals surface area contributed by atoms with Gasteiger partial charge in [-0.25, -0.2) is 8.42 Å². The molecule has 0 aliphatic rings. The maximum atomic E-state index is 13.8. The third kappa shape index (κ3) is 6.77. The average molecular weight is 522 g/mol. The van der Waals surface area contributed by atoms with E-state index in [4.69, 9.17) is 0 Å². The summed E-state index contributed by atoms with van der Waals surface area (Å²) in [4.78, 5) is 28.1. The van der Waals surface area contributed by atoms with Crippen molar-refractivity contribution in [2.45, 2.75) is 50.6 Å². The molecule has 0 spiro atoms. The number of rotatable bonds is 11. The number of carbonyl (C=O) groups is 2. The van der Waals surface area contributed by atoms with Crippen LogP contribution in [0.4, 0.5) is 5.69 Å². The number of benzene rings is 3. The van der Waals surface area contributed by atoms with E-state index >= 15 is 0 Å². The summed E-state index contributed by atoms with van der Waals surface area (Å²) in [5, 5.41) is 2.63. The Labute approximate surface area is 220 Å². The van der Waals surface area contributed by atoms with Crippen molar-refractivity contribution >= 4 is 27.5 Å². The molecule has 0 unspecified atom stereocenters. The fourth-order valence-electron chi connectivity index (χ4n) is 4.14. The Bertz CT molecular complexity index is 1280. The van der Waals surface area contributed by atoms with Crippen LogP contribution < -0.4 is 9.62 Å². The van der Waals surface area contributed by atoms with Gasteiger partial charge in [-0.1, -0.05) is 81.4 Å². The molecule has 37 heavy (non-hydrogen) atoms. The lowest BCUT2D eigenvalue weighted by molar-refractivity contribution is -0.140. The second-order valence-electron chi connectivity index (χ2n) is 9.12. The number of anilines is 1. The maximum absolute atomic E-state index is 13.8. The minimum absolute atomic E-state index is 0.0867. The summed E-state index contributed by atoms with van der Waals surface area (Å²) < 4.78 is 28.7. The van der Waals surface area contributed by atoms with Crippen molar-refractivity contribution in [2.75, 3.05) is 17.9 Å². The molecule has 3 rings (SSSR count). The van der Waals surface area contributed by atoms with Crippen molar-refractivity contribution in [1.82, 2.24) is 10.2 Å². The average Bonchev–Trinajstić information content (AvgIpc) is 2.92. The molecule has 2 amide bonds. The topological polar surface area (TPSA) is 86.8 Å². The van der Waals surface area contributed by atoms with Gasteiger partial charge in [-0.3, -0.25) is 13.9 Å². The number of carbonyl (C=O) groups excluding carboxylic acids is 2. The van der Waals surface area contributed by atoms with Crippen molar-refractivity contribution in [1.29, 1.82) is 0 Å². The van der Waals surface area contributed by atoms with Crippen molar-refractivity contribution in [3.63, 3.8) is 0 Å². The standard InChI is InChI=1S/C29H35N3O4S/c1-5-27(29(34)30-4)31(20-23-12-8-6-9-13-23)28(33)21-32(25-18-16-24(17-19-25)22(2)3)37(35,36)26-14-10-7-11-15-26/h6-19,22,27H,5,20-21H2,1-4H3,(H,30,34)/t27-/m1/s1. The summed E-state index contributed by atoms with van der Waals surface area (Å²) in [6.07, 6.45) is 0.382. The zero-order chi connectivity index (χ0) is 27.0. The lowest BCUT2D eigenvalue weighted by Crippen LogP contribution is -2.51. The fourth-order valence-corrected chi connectivity index (χ4v) is 5.58. The molecule has 0 bridgehead atoms. The SMILES string of the molecule is CC[C@H](C(=O)NC)N(Cc1ccccc1)C(=O)CN(c1ccc(C(C)C)cc1)S(=O)(=O)c1ccccc1. The van der Waals surface area contributed by atoms with Crippen LogP contribution in [-0.4, -0.2) is 44.8 Å². The molecule has 0 saturated carbocycles. The van der Waals surface area contributed by atoms with Crippen LogP contribution >= 0.6 is 0 Å². The number of amides is 2. The summed E-state index contributed by atoms with van der Waals surface area (Å²) in [6.45, 7) is 5.67. The van der Waals surface area contributed by atoms with E-state index in [9.17, 15) is 18.0 Å². The van der Waals surface area contributed by atoms with Crippen molar-refractivity contribution in [3.05, 3.63) is 96.1 Å². The predicted molar refractivity (Wildman–Crippen MR) is 147 cm³/mol. The van der Waals surface area contributed by atoms with Crippen molar-refractivity contribution in [3.8, 4) is 0 Å². The van der Waals surface area contributed by atoms with Gasteiger partial charge in [0.1, 0.15) is 12.6 Å². The molecule has 196 valence electrons. The van der Waals surface area contributed by atoms with Crippen LogP contribution in [0.2, 0.25) is 0 Å². The molecule has 0 aliphatic carbocycles. The fraction of sp³-hybridized carbons (Fsp3) is 0.310. The summed E-state index contributed by atoms with van der Waals surface area (Å²) in [5.41, 5.74) is 2.29. The monoisotopic (exact) mass is 521 g/mol. The molecular formula is C29H35N3O4S. The highest BCUT2D eigenvalue weighted by molar-refractivity contribution is 7.92. The van der Waals surface area contributed by atoms with Crippen LogP contribution in [0.5, 0.6) is 0 Å². The van der Waals surface area contributed by atoms with E-state index in [-0.39, 0.29) is 23.3 Å². The van der Waals surface area contributed by atoms with Crippen molar-refractivity contribution < 1.29 is 18.0 Å². The molecule has 1 atom stereocenters. The van der Waals surface area contributed by atoms with Gasteiger partial charge in [0.05, 0.1) is 10.6 Å². The second-order valence-corrected chi connectivity index (χ2v) is 11.0.